The van der Waals surface area contributed by atoms with Crippen molar-refractivity contribution in [2.75, 3.05) is 0 Å². The van der Waals surface area contributed by atoms with Gasteiger partial charge in [0.2, 0.25) is 0 Å². The van der Waals surface area contributed by atoms with Crippen LogP contribution in [0.2, 0.25) is 0 Å². The number of imidazole rings is 1. The number of benzene rings is 3. The van der Waals surface area contributed by atoms with E-state index in [1.54, 1.807) is 0 Å². The number of hydrogen-bond acceptors (Lipinski definition) is 2. The third-order valence-corrected chi connectivity index (χ3v) is 7.20. The van der Waals surface area contributed by atoms with E-state index in [0.29, 0.717) is 0 Å². The summed E-state index contributed by atoms with van der Waals surface area (Å²) in [6, 6.07) is 20.4. The lowest BCUT2D eigenvalue weighted by Crippen LogP contribution is -1.94. The highest BCUT2D eigenvalue weighted by Gasteiger charge is 2.27. The lowest BCUT2D eigenvalue weighted by Gasteiger charge is -2.11. The third kappa shape index (κ3) is 1.89. The molecule has 6 aromatic rings. The molecule has 3 aromatic carbocycles. The summed E-state index contributed by atoms with van der Waals surface area (Å²) < 4.78 is 2.18. The quantitative estimate of drug-likeness (QED) is 0.287. The first-order chi connectivity index (χ1) is 15.4. The average molecular weight is 395 g/mol. The van der Waals surface area contributed by atoms with E-state index in [9.17, 15) is 0 Å². The van der Waals surface area contributed by atoms with Crippen molar-refractivity contribution >= 4 is 27.3 Å². The molecule has 0 atom stereocenters. The van der Waals surface area contributed by atoms with Crippen molar-refractivity contribution in [1.82, 2.24) is 14.4 Å². The van der Waals surface area contributed by atoms with Crippen molar-refractivity contribution < 1.29 is 0 Å². The molecular weight excluding hydrogens is 378 g/mol. The summed E-state index contributed by atoms with van der Waals surface area (Å²) >= 11 is 0. The highest BCUT2D eigenvalue weighted by Crippen LogP contribution is 2.47. The lowest BCUT2D eigenvalue weighted by atomic mass is 9.96. The first-order valence-corrected chi connectivity index (χ1v) is 10.8. The van der Waals surface area contributed by atoms with E-state index in [0.717, 1.165) is 24.0 Å². The normalized spacial score (nSPS) is 13.5. The minimum absolute atomic E-state index is 0.955. The van der Waals surface area contributed by atoms with Crippen LogP contribution in [0.4, 0.5) is 0 Å². The molecule has 0 bridgehead atoms. The summed E-state index contributed by atoms with van der Waals surface area (Å²) in [6.45, 7) is 0. The summed E-state index contributed by atoms with van der Waals surface area (Å²) in [5.74, 6) is 0. The van der Waals surface area contributed by atoms with Gasteiger partial charge in [0.15, 0.2) is 0 Å². The predicted molar refractivity (Wildman–Crippen MR) is 124 cm³/mol. The average Bonchev–Trinajstić information content (AvgIpc) is 3.52. The van der Waals surface area contributed by atoms with Crippen molar-refractivity contribution in [3.05, 3.63) is 102 Å². The van der Waals surface area contributed by atoms with Crippen LogP contribution in [0.3, 0.4) is 0 Å². The second-order valence-electron chi connectivity index (χ2n) is 8.71. The van der Waals surface area contributed by atoms with Crippen molar-refractivity contribution in [2.24, 2.45) is 0 Å². The largest absolute Gasteiger partial charge is 0.298 e. The van der Waals surface area contributed by atoms with Gasteiger partial charge in [0, 0.05) is 29.4 Å². The van der Waals surface area contributed by atoms with Gasteiger partial charge in [-0.05, 0) is 80.9 Å². The first-order valence-electron chi connectivity index (χ1n) is 10.8. The van der Waals surface area contributed by atoms with Crippen LogP contribution in [-0.2, 0) is 12.8 Å². The zero-order chi connectivity index (χ0) is 20.1. The molecule has 0 spiro atoms. The minimum atomic E-state index is 0.955. The summed E-state index contributed by atoms with van der Waals surface area (Å²) in [6.07, 6.45) is 9.75. The van der Waals surface area contributed by atoms with Crippen molar-refractivity contribution in [2.45, 2.75) is 12.8 Å². The number of nitrogens with zero attached hydrogens (tertiary/aromatic N) is 3. The van der Waals surface area contributed by atoms with E-state index in [2.05, 4.69) is 64.0 Å². The van der Waals surface area contributed by atoms with Crippen LogP contribution in [0.15, 0.2) is 79.4 Å². The number of fused-ring (bicyclic) bond motifs is 13. The Labute approximate surface area is 178 Å². The highest BCUT2D eigenvalue weighted by atomic mass is 15.0. The molecule has 0 N–H and O–H groups in total. The van der Waals surface area contributed by atoms with E-state index in [1.807, 2.05) is 24.8 Å². The molecule has 31 heavy (non-hydrogen) atoms. The maximum absolute atomic E-state index is 4.76. The van der Waals surface area contributed by atoms with Crippen LogP contribution >= 0.6 is 0 Å². The smallest absolute Gasteiger partial charge is 0.145 e. The monoisotopic (exact) mass is 395 g/mol. The van der Waals surface area contributed by atoms with Crippen molar-refractivity contribution in [3.63, 3.8) is 0 Å². The first kappa shape index (κ1) is 15.8. The number of aromatic nitrogens is 3. The zero-order valence-corrected chi connectivity index (χ0v) is 16.8. The van der Waals surface area contributed by atoms with Crippen LogP contribution in [0.5, 0.6) is 0 Å². The Bertz CT molecular complexity index is 1740. The van der Waals surface area contributed by atoms with Crippen molar-refractivity contribution in [3.8, 4) is 22.3 Å². The highest BCUT2D eigenvalue weighted by molar-refractivity contribution is 6.15. The van der Waals surface area contributed by atoms with Gasteiger partial charge in [-0.3, -0.25) is 9.38 Å². The Morgan fingerprint density at radius 1 is 0.710 bits per heavy atom. The molecule has 3 nitrogen and oxygen atoms in total. The molecule has 3 aromatic heterocycles. The Hall–Kier alpha value is -3.98. The predicted octanol–water partition coefficient (Wildman–Crippen LogP) is 6.18. The standard InChI is InChI=1S/C28H17N3/c1-2-4-19-16(3-1)11-17-12-24-18(13-23(17)19)14-25-20(24)5-6-22-21-7-8-29-15-26(21)31-10-9-30-28(31)27(22)25/h1-10,12-13,15H,11,14H2. The van der Waals surface area contributed by atoms with Crippen LogP contribution in [0.25, 0.3) is 49.6 Å². The van der Waals surface area contributed by atoms with Crippen LogP contribution in [0, 0.1) is 0 Å². The van der Waals surface area contributed by atoms with E-state index in [1.165, 1.54) is 60.7 Å². The Morgan fingerprint density at radius 3 is 2.55 bits per heavy atom. The molecule has 2 aliphatic rings. The lowest BCUT2D eigenvalue weighted by molar-refractivity contribution is 1.22. The SMILES string of the molecule is c1ccc2c(c1)Cc1cc3c(cc1-2)Cc1c-3ccc2c3ccncc3n3ccnc3c12. The fourth-order valence-corrected chi connectivity index (χ4v) is 5.87. The molecule has 0 aliphatic heterocycles. The summed E-state index contributed by atoms with van der Waals surface area (Å²) in [5.41, 5.74) is 13.4. The number of pyridine rings is 2. The number of rotatable bonds is 0. The van der Waals surface area contributed by atoms with Gasteiger partial charge in [0.05, 0.1) is 11.7 Å². The van der Waals surface area contributed by atoms with Gasteiger partial charge < -0.3 is 0 Å². The van der Waals surface area contributed by atoms with Gasteiger partial charge >= 0.3 is 0 Å². The summed E-state index contributed by atoms with van der Waals surface area (Å²) in [5, 5.41) is 3.77. The van der Waals surface area contributed by atoms with E-state index < -0.39 is 0 Å². The molecule has 3 heteroatoms. The second-order valence-corrected chi connectivity index (χ2v) is 8.71. The minimum Gasteiger partial charge on any atom is -0.298 e. The molecule has 2 aliphatic carbocycles. The maximum Gasteiger partial charge on any atom is 0.145 e. The Morgan fingerprint density at radius 2 is 1.58 bits per heavy atom. The molecule has 0 saturated carbocycles. The molecule has 0 fully saturated rings. The molecule has 0 radical (unpaired) electrons. The van der Waals surface area contributed by atoms with Crippen LogP contribution in [-0.4, -0.2) is 14.4 Å². The molecular formula is C28H17N3. The van der Waals surface area contributed by atoms with Gasteiger partial charge in [0.25, 0.3) is 0 Å². The molecule has 0 saturated heterocycles. The molecule has 0 unspecified atom stereocenters. The molecule has 8 rings (SSSR count). The summed E-state index contributed by atoms with van der Waals surface area (Å²) in [4.78, 5) is 9.12. The zero-order valence-electron chi connectivity index (χ0n) is 16.8. The Balaban J connectivity index is 1.44. The van der Waals surface area contributed by atoms with Gasteiger partial charge in [-0.25, -0.2) is 4.98 Å². The van der Waals surface area contributed by atoms with Gasteiger partial charge in [-0.2, -0.15) is 0 Å². The fourth-order valence-electron chi connectivity index (χ4n) is 5.87. The summed E-state index contributed by atoms with van der Waals surface area (Å²) in [7, 11) is 0. The third-order valence-electron chi connectivity index (χ3n) is 7.20. The molecule has 144 valence electrons. The van der Waals surface area contributed by atoms with E-state index >= 15 is 0 Å². The van der Waals surface area contributed by atoms with E-state index in [4.69, 9.17) is 4.98 Å². The molecule has 3 heterocycles. The van der Waals surface area contributed by atoms with Crippen LogP contribution in [0.1, 0.15) is 22.3 Å². The van der Waals surface area contributed by atoms with Gasteiger partial charge in [-0.15, -0.1) is 0 Å². The number of hydrogen-bond donors (Lipinski definition) is 0. The van der Waals surface area contributed by atoms with E-state index in [-0.39, 0.29) is 0 Å². The van der Waals surface area contributed by atoms with Gasteiger partial charge in [0.1, 0.15) is 5.65 Å². The van der Waals surface area contributed by atoms with Gasteiger partial charge in [-0.1, -0.05) is 36.4 Å². The Kier molecular flexibility index (Phi) is 2.74. The van der Waals surface area contributed by atoms with Crippen LogP contribution < -0.4 is 0 Å². The second kappa shape index (κ2) is 5.38. The topological polar surface area (TPSA) is 30.2 Å². The fraction of sp³-hybridized carbons (Fsp3) is 0.0714. The molecule has 0 amide bonds. The van der Waals surface area contributed by atoms with Crippen molar-refractivity contribution in [1.29, 1.82) is 0 Å². The maximum atomic E-state index is 4.76.